The molecular formula is C12H21N3O2S. The molecule has 1 unspecified atom stereocenters. The summed E-state index contributed by atoms with van der Waals surface area (Å²) in [5, 5.41) is 5.36. The van der Waals surface area contributed by atoms with Crippen LogP contribution in [0.4, 0.5) is 0 Å². The predicted molar refractivity (Wildman–Crippen MR) is 74.1 cm³/mol. The first-order valence-corrected chi connectivity index (χ1v) is 6.77. The van der Waals surface area contributed by atoms with Crippen LogP contribution in [0.3, 0.4) is 0 Å². The van der Waals surface area contributed by atoms with Gasteiger partial charge in [0.15, 0.2) is 0 Å². The van der Waals surface area contributed by atoms with Gasteiger partial charge < -0.3 is 16.4 Å². The van der Waals surface area contributed by atoms with Crippen molar-refractivity contribution in [3.63, 3.8) is 0 Å². The lowest BCUT2D eigenvalue weighted by Gasteiger charge is -2.24. The van der Waals surface area contributed by atoms with E-state index in [0.717, 1.165) is 25.0 Å². The Bertz CT molecular complexity index is 344. The number of hydrogen-bond donors (Lipinski definition) is 4. The van der Waals surface area contributed by atoms with Gasteiger partial charge in [-0.1, -0.05) is 6.08 Å². The van der Waals surface area contributed by atoms with Crippen molar-refractivity contribution in [3.05, 3.63) is 11.8 Å². The predicted octanol–water partition coefficient (Wildman–Crippen LogP) is 0.180. The maximum Gasteiger partial charge on any atom is 0.236 e. The summed E-state index contributed by atoms with van der Waals surface area (Å²) < 4.78 is 0. The summed E-state index contributed by atoms with van der Waals surface area (Å²) in [4.78, 5) is 22.5. The van der Waals surface area contributed by atoms with Crippen LogP contribution in [-0.4, -0.2) is 30.7 Å². The summed E-state index contributed by atoms with van der Waals surface area (Å²) in [6.45, 7) is 0. The van der Waals surface area contributed by atoms with E-state index in [1.165, 1.54) is 0 Å². The van der Waals surface area contributed by atoms with Gasteiger partial charge in [0.25, 0.3) is 0 Å². The van der Waals surface area contributed by atoms with Crippen molar-refractivity contribution in [1.29, 1.82) is 0 Å². The highest BCUT2D eigenvalue weighted by atomic mass is 32.1. The number of nitrogens with one attached hydrogen (secondary N) is 2. The van der Waals surface area contributed by atoms with Crippen molar-refractivity contribution < 1.29 is 9.59 Å². The Morgan fingerprint density at radius 3 is 2.83 bits per heavy atom. The number of thiol groups is 1. The zero-order chi connectivity index (χ0) is 13.5. The molecule has 0 aromatic carbocycles. The lowest BCUT2D eigenvalue weighted by atomic mass is 9.87. The minimum atomic E-state index is -0.443. The monoisotopic (exact) mass is 271 g/mol. The fourth-order valence-corrected chi connectivity index (χ4v) is 2.17. The van der Waals surface area contributed by atoms with Crippen LogP contribution in [0.5, 0.6) is 0 Å². The van der Waals surface area contributed by atoms with Crippen LogP contribution in [-0.2, 0) is 9.59 Å². The summed E-state index contributed by atoms with van der Waals surface area (Å²) in [7, 11) is 1.59. The standard InChI is InChI=1S/C12H21N3O2S/c1-14-12(17)10(13)6-8-2-4-9(5-3-8)15-11(16)7-18/h4,8,10,18H,2-3,5-7,13H2,1H3,(H,14,17)(H,15,16)/t8?,10-/m0/s1. The molecule has 1 aliphatic rings. The molecule has 102 valence electrons. The average molecular weight is 271 g/mol. The van der Waals surface area contributed by atoms with Gasteiger partial charge in [-0.05, 0) is 31.6 Å². The fourth-order valence-electron chi connectivity index (χ4n) is 2.09. The normalized spacial score (nSPS) is 20.8. The Morgan fingerprint density at radius 1 is 1.61 bits per heavy atom. The van der Waals surface area contributed by atoms with Crippen LogP contribution in [0.15, 0.2) is 11.8 Å². The van der Waals surface area contributed by atoms with Crippen molar-refractivity contribution in [1.82, 2.24) is 10.6 Å². The molecule has 6 heteroatoms. The third kappa shape index (κ3) is 4.70. The van der Waals surface area contributed by atoms with Gasteiger partial charge in [0, 0.05) is 12.7 Å². The summed E-state index contributed by atoms with van der Waals surface area (Å²) in [6.07, 6.45) is 5.33. The summed E-state index contributed by atoms with van der Waals surface area (Å²) in [6, 6.07) is -0.443. The summed E-state index contributed by atoms with van der Waals surface area (Å²) >= 11 is 3.91. The first-order valence-electron chi connectivity index (χ1n) is 6.13. The number of rotatable bonds is 5. The zero-order valence-corrected chi connectivity index (χ0v) is 11.5. The smallest absolute Gasteiger partial charge is 0.236 e. The number of carbonyl (C=O) groups excluding carboxylic acids is 2. The van der Waals surface area contributed by atoms with Gasteiger partial charge in [-0.2, -0.15) is 12.6 Å². The Hall–Kier alpha value is -1.01. The van der Waals surface area contributed by atoms with Gasteiger partial charge >= 0.3 is 0 Å². The SMILES string of the molecule is CNC(=O)[C@@H](N)CC1CC=C(NC(=O)CS)CC1. The molecule has 2 amide bonds. The molecule has 0 fully saturated rings. The molecule has 5 nitrogen and oxygen atoms in total. The Labute approximate surface area is 113 Å². The molecule has 0 aliphatic heterocycles. The van der Waals surface area contributed by atoms with E-state index in [9.17, 15) is 9.59 Å². The van der Waals surface area contributed by atoms with Gasteiger partial charge in [0.2, 0.25) is 11.8 Å². The average Bonchev–Trinajstić information content (AvgIpc) is 2.39. The number of amides is 2. The second kappa shape index (κ2) is 7.43. The van der Waals surface area contributed by atoms with E-state index in [0.29, 0.717) is 12.3 Å². The molecular weight excluding hydrogens is 250 g/mol. The van der Waals surface area contributed by atoms with Gasteiger partial charge in [0.1, 0.15) is 0 Å². The van der Waals surface area contributed by atoms with Crippen LogP contribution < -0.4 is 16.4 Å². The maximum absolute atomic E-state index is 11.3. The topological polar surface area (TPSA) is 84.2 Å². The van der Waals surface area contributed by atoms with Crippen molar-refractivity contribution in [2.75, 3.05) is 12.8 Å². The van der Waals surface area contributed by atoms with Crippen molar-refractivity contribution in [2.24, 2.45) is 11.7 Å². The van der Waals surface area contributed by atoms with E-state index in [1.54, 1.807) is 7.05 Å². The molecule has 2 atom stereocenters. The summed E-state index contributed by atoms with van der Waals surface area (Å²) in [5.74, 6) is 0.412. The number of hydrogen-bond acceptors (Lipinski definition) is 4. The lowest BCUT2D eigenvalue weighted by molar-refractivity contribution is -0.122. The van der Waals surface area contributed by atoms with Crippen molar-refractivity contribution in [2.45, 2.75) is 31.7 Å². The molecule has 4 N–H and O–H groups in total. The zero-order valence-electron chi connectivity index (χ0n) is 10.6. The highest BCUT2D eigenvalue weighted by molar-refractivity contribution is 7.81. The molecule has 0 spiro atoms. The van der Waals surface area contributed by atoms with Crippen LogP contribution in [0.25, 0.3) is 0 Å². The second-order valence-corrected chi connectivity index (χ2v) is 4.85. The second-order valence-electron chi connectivity index (χ2n) is 4.53. The molecule has 18 heavy (non-hydrogen) atoms. The molecule has 0 radical (unpaired) electrons. The first-order chi connectivity index (χ1) is 8.56. The van der Waals surface area contributed by atoms with E-state index in [1.807, 2.05) is 6.08 Å². The van der Waals surface area contributed by atoms with Gasteiger partial charge in [-0.25, -0.2) is 0 Å². The third-order valence-electron chi connectivity index (χ3n) is 3.13. The number of likely N-dealkylation sites (N-methyl/N-ethyl adjacent to an activating group) is 1. The molecule has 0 saturated carbocycles. The lowest BCUT2D eigenvalue weighted by Crippen LogP contribution is -2.40. The van der Waals surface area contributed by atoms with Crippen molar-refractivity contribution >= 4 is 24.4 Å². The van der Waals surface area contributed by atoms with Gasteiger partial charge in [-0.15, -0.1) is 0 Å². The highest BCUT2D eigenvalue weighted by Crippen LogP contribution is 2.25. The molecule has 1 rings (SSSR count). The first kappa shape index (κ1) is 15.0. The number of nitrogens with two attached hydrogens (primary N) is 1. The molecule has 0 bridgehead atoms. The van der Waals surface area contributed by atoms with E-state index in [-0.39, 0.29) is 17.6 Å². The fraction of sp³-hybridized carbons (Fsp3) is 0.667. The molecule has 0 heterocycles. The molecule has 1 aliphatic carbocycles. The molecule has 0 aromatic heterocycles. The van der Waals surface area contributed by atoms with E-state index in [4.69, 9.17) is 5.73 Å². The number of allylic oxidation sites excluding steroid dienone is 2. The van der Waals surface area contributed by atoms with Crippen LogP contribution in [0.2, 0.25) is 0 Å². The highest BCUT2D eigenvalue weighted by Gasteiger charge is 2.21. The van der Waals surface area contributed by atoms with Crippen LogP contribution in [0, 0.1) is 5.92 Å². The van der Waals surface area contributed by atoms with E-state index >= 15 is 0 Å². The maximum atomic E-state index is 11.3. The largest absolute Gasteiger partial charge is 0.358 e. The molecule has 0 saturated heterocycles. The Balaban J connectivity index is 2.38. The minimum Gasteiger partial charge on any atom is -0.358 e. The third-order valence-corrected chi connectivity index (χ3v) is 3.42. The Morgan fingerprint density at radius 2 is 2.33 bits per heavy atom. The quantitative estimate of drug-likeness (QED) is 0.538. The number of carbonyl (C=O) groups is 2. The van der Waals surface area contributed by atoms with Gasteiger partial charge in [-0.3, -0.25) is 9.59 Å². The van der Waals surface area contributed by atoms with Crippen LogP contribution >= 0.6 is 12.6 Å². The van der Waals surface area contributed by atoms with Crippen LogP contribution in [0.1, 0.15) is 25.7 Å². The summed E-state index contributed by atoms with van der Waals surface area (Å²) in [5.41, 5.74) is 6.74. The molecule has 0 aromatic rings. The van der Waals surface area contributed by atoms with E-state index in [2.05, 4.69) is 23.3 Å². The minimum absolute atomic E-state index is 0.0786. The van der Waals surface area contributed by atoms with Crippen molar-refractivity contribution in [3.8, 4) is 0 Å². The van der Waals surface area contributed by atoms with E-state index < -0.39 is 6.04 Å². The van der Waals surface area contributed by atoms with Gasteiger partial charge in [0.05, 0.1) is 11.8 Å². The Kier molecular flexibility index (Phi) is 6.21.